The highest BCUT2D eigenvalue weighted by Crippen LogP contribution is 2.53. The second-order valence-corrected chi connectivity index (χ2v) is 8.70. The molecule has 3 aliphatic rings. The molecule has 5 atom stereocenters. The molecular weight excluding hydrogens is 397 g/mol. The summed E-state index contributed by atoms with van der Waals surface area (Å²) in [5.41, 5.74) is 0.405. The van der Waals surface area contributed by atoms with Crippen LogP contribution in [0.15, 0.2) is 48.5 Å². The monoisotopic (exact) mass is 421 g/mol. The van der Waals surface area contributed by atoms with Gasteiger partial charge in [0.05, 0.1) is 11.8 Å². The van der Waals surface area contributed by atoms with Crippen molar-refractivity contribution in [3.05, 3.63) is 65.5 Å². The maximum atomic E-state index is 14.2. The molecule has 0 radical (unpaired) electrons. The SMILES string of the molecule is CC[C@H](C)N1C(=O)[C@H]2[C@@H](C1=O)[C@]1(N[C@@H]2Cc2ccccc2)C(=O)Nc2ccc(F)cc21. The number of amides is 3. The Hall–Kier alpha value is -3.06. The Bertz CT molecular complexity index is 1090. The van der Waals surface area contributed by atoms with Gasteiger partial charge in [-0.05, 0) is 43.5 Å². The van der Waals surface area contributed by atoms with E-state index in [0.29, 0.717) is 24.1 Å². The molecule has 31 heavy (non-hydrogen) atoms. The molecule has 0 bridgehead atoms. The first-order valence-electron chi connectivity index (χ1n) is 10.7. The molecule has 1 spiro atoms. The Morgan fingerprint density at radius 3 is 2.55 bits per heavy atom. The normalized spacial score (nSPS) is 30.0. The zero-order chi connectivity index (χ0) is 21.9. The summed E-state index contributed by atoms with van der Waals surface area (Å²) in [6.45, 7) is 3.76. The summed E-state index contributed by atoms with van der Waals surface area (Å²) in [6, 6.07) is 13.0. The molecule has 2 N–H and O–H groups in total. The number of rotatable bonds is 4. The average molecular weight is 421 g/mol. The van der Waals surface area contributed by atoms with Gasteiger partial charge >= 0.3 is 0 Å². The third kappa shape index (κ3) is 2.69. The summed E-state index contributed by atoms with van der Waals surface area (Å²) in [6.07, 6.45) is 1.10. The minimum atomic E-state index is -1.46. The largest absolute Gasteiger partial charge is 0.324 e. The van der Waals surface area contributed by atoms with E-state index in [1.807, 2.05) is 44.2 Å². The van der Waals surface area contributed by atoms with E-state index in [0.717, 1.165) is 5.56 Å². The second-order valence-electron chi connectivity index (χ2n) is 8.70. The number of hydrogen-bond acceptors (Lipinski definition) is 4. The summed E-state index contributed by atoms with van der Waals surface area (Å²) < 4.78 is 14.2. The quantitative estimate of drug-likeness (QED) is 0.744. The molecule has 0 saturated carbocycles. The number of carbonyl (C=O) groups excluding carboxylic acids is 3. The smallest absolute Gasteiger partial charge is 0.250 e. The summed E-state index contributed by atoms with van der Waals surface area (Å²) in [4.78, 5) is 41.7. The van der Waals surface area contributed by atoms with E-state index >= 15 is 0 Å². The number of hydrogen-bond donors (Lipinski definition) is 2. The average Bonchev–Trinajstić information content (AvgIpc) is 3.33. The zero-order valence-electron chi connectivity index (χ0n) is 17.4. The van der Waals surface area contributed by atoms with Crippen molar-refractivity contribution in [3.8, 4) is 0 Å². The van der Waals surface area contributed by atoms with E-state index in [1.165, 1.54) is 23.1 Å². The number of likely N-dealkylation sites (tertiary alicyclic amines) is 1. The van der Waals surface area contributed by atoms with E-state index < -0.39 is 35.1 Å². The number of imide groups is 1. The van der Waals surface area contributed by atoms with Crippen LogP contribution < -0.4 is 10.6 Å². The first-order chi connectivity index (χ1) is 14.9. The molecule has 3 aliphatic heterocycles. The number of anilines is 1. The molecule has 3 heterocycles. The van der Waals surface area contributed by atoms with Crippen molar-refractivity contribution in [2.24, 2.45) is 11.8 Å². The van der Waals surface area contributed by atoms with Crippen LogP contribution in [-0.2, 0) is 26.3 Å². The van der Waals surface area contributed by atoms with Gasteiger partial charge in [-0.1, -0.05) is 37.3 Å². The Morgan fingerprint density at radius 2 is 1.84 bits per heavy atom. The first kappa shape index (κ1) is 19.9. The van der Waals surface area contributed by atoms with Crippen LogP contribution in [-0.4, -0.2) is 34.7 Å². The molecule has 2 saturated heterocycles. The van der Waals surface area contributed by atoms with E-state index in [2.05, 4.69) is 10.6 Å². The highest BCUT2D eigenvalue weighted by Gasteiger charge is 2.70. The Balaban J connectivity index is 1.66. The zero-order valence-corrected chi connectivity index (χ0v) is 17.4. The van der Waals surface area contributed by atoms with Gasteiger partial charge in [-0.25, -0.2) is 4.39 Å². The minimum absolute atomic E-state index is 0.257. The van der Waals surface area contributed by atoms with Crippen molar-refractivity contribution >= 4 is 23.4 Å². The van der Waals surface area contributed by atoms with E-state index in [-0.39, 0.29) is 17.9 Å². The van der Waals surface area contributed by atoms with Crippen LogP contribution in [0.1, 0.15) is 31.4 Å². The van der Waals surface area contributed by atoms with Crippen molar-refractivity contribution in [1.82, 2.24) is 10.2 Å². The number of halogens is 1. The van der Waals surface area contributed by atoms with Crippen LogP contribution in [0, 0.1) is 17.7 Å². The fourth-order valence-corrected chi connectivity index (χ4v) is 5.46. The number of nitrogens with zero attached hydrogens (tertiary/aromatic N) is 1. The Morgan fingerprint density at radius 1 is 1.10 bits per heavy atom. The van der Waals surface area contributed by atoms with E-state index in [1.54, 1.807) is 0 Å². The fraction of sp³-hybridized carbons (Fsp3) is 0.375. The summed E-state index contributed by atoms with van der Waals surface area (Å²) in [5, 5.41) is 6.14. The van der Waals surface area contributed by atoms with Crippen molar-refractivity contribution in [2.45, 2.75) is 44.3 Å². The van der Waals surface area contributed by atoms with Crippen molar-refractivity contribution in [3.63, 3.8) is 0 Å². The van der Waals surface area contributed by atoms with Crippen LogP contribution in [0.4, 0.5) is 10.1 Å². The molecule has 6 nitrogen and oxygen atoms in total. The number of benzene rings is 2. The van der Waals surface area contributed by atoms with Gasteiger partial charge in [-0.15, -0.1) is 0 Å². The summed E-state index contributed by atoms with van der Waals surface area (Å²) in [7, 11) is 0. The van der Waals surface area contributed by atoms with Crippen LogP contribution in [0.5, 0.6) is 0 Å². The molecule has 3 amide bonds. The number of nitrogens with one attached hydrogen (secondary N) is 2. The molecule has 7 heteroatoms. The molecule has 2 aromatic carbocycles. The fourth-order valence-electron chi connectivity index (χ4n) is 5.46. The van der Waals surface area contributed by atoms with Crippen molar-refractivity contribution in [1.29, 1.82) is 0 Å². The molecule has 2 aromatic rings. The van der Waals surface area contributed by atoms with Gasteiger partial charge in [0.2, 0.25) is 17.7 Å². The maximum Gasteiger partial charge on any atom is 0.250 e. The number of fused-ring (bicyclic) bond motifs is 4. The third-order valence-corrected chi connectivity index (χ3v) is 7.04. The lowest BCUT2D eigenvalue weighted by molar-refractivity contribution is -0.145. The molecule has 0 aromatic heterocycles. The molecule has 5 rings (SSSR count). The van der Waals surface area contributed by atoms with Gasteiger partial charge in [0, 0.05) is 23.3 Å². The van der Waals surface area contributed by atoms with E-state index in [9.17, 15) is 18.8 Å². The van der Waals surface area contributed by atoms with E-state index in [4.69, 9.17) is 0 Å². The standard InChI is InChI=1S/C24H24FN3O3/c1-3-13(2)28-21(29)19-18(11-14-7-5-4-6-8-14)27-24(20(19)22(28)30)16-12-15(25)9-10-17(16)26-23(24)31/h4-10,12-13,18-20,27H,3,11H2,1-2H3,(H,26,31)/t13-,18+,19+,20-,24-/m0/s1. The van der Waals surface area contributed by atoms with Gasteiger partial charge in [0.25, 0.3) is 0 Å². The van der Waals surface area contributed by atoms with Gasteiger partial charge < -0.3 is 5.32 Å². The molecule has 160 valence electrons. The van der Waals surface area contributed by atoms with Crippen LogP contribution in [0.25, 0.3) is 0 Å². The third-order valence-electron chi connectivity index (χ3n) is 7.04. The van der Waals surface area contributed by atoms with Crippen molar-refractivity contribution in [2.75, 3.05) is 5.32 Å². The maximum absolute atomic E-state index is 14.2. The van der Waals surface area contributed by atoms with Crippen LogP contribution >= 0.6 is 0 Å². The lowest BCUT2D eigenvalue weighted by Crippen LogP contribution is -2.54. The van der Waals surface area contributed by atoms with Crippen LogP contribution in [0.3, 0.4) is 0 Å². The highest BCUT2D eigenvalue weighted by molar-refractivity contribution is 6.15. The molecule has 0 aliphatic carbocycles. The van der Waals surface area contributed by atoms with Gasteiger partial charge in [-0.2, -0.15) is 0 Å². The lowest BCUT2D eigenvalue weighted by Gasteiger charge is -2.31. The molecular formula is C24H24FN3O3. The first-order valence-corrected chi connectivity index (χ1v) is 10.7. The minimum Gasteiger partial charge on any atom is -0.324 e. The summed E-state index contributed by atoms with van der Waals surface area (Å²) in [5.74, 6) is -3.12. The van der Waals surface area contributed by atoms with Gasteiger partial charge in [0.1, 0.15) is 11.4 Å². The van der Waals surface area contributed by atoms with Gasteiger partial charge in [0.15, 0.2) is 0 Å². The molecule has 2 fully saturated rings. The molecule has 0 unspecified atom stereocenters. The van der Waals surface area contributed by atoms with Crippen LogP contribution in [0.2, 0.25) is 0 Å². The predicted molar refractivity (Wildman–Crippen MR) is 112 cm³/mol. The summed E-state index contributed by atoms with van der Waals surface area (Å²) >= 11 is 0. The predicted octanol–water partition coefficient (Wildman–Crippen LogP) is 2.59. The Kier molecular flexibility index (Phi) is 4.48. The lowest BCUT2D eigenvalue weighted by atomic mass is 9.76. The second kappa shape index (κ2) is 6.99. The Labute approximate surface area is 179 Å². The number of carbonyl (C=O) groups is 3. The van der Waals surface area contributed by atoms with Gasteiger partial charge in [-0.3, -0.25) is 24.6 Å². The topological polar surface area (TPSA) is 78.5 Å². The highest BCUT2D eigenvalue weighted by atomic mass is 19.1. The van der Waals surface area contributed by atoms with Crippen molar-refractivity contribution < 1.29 is 18.8 Å².